The van der Waals surface area contributed by atoms with Crippen molar-refractivity contribution < 1.29 is 29.4 Å². The molecule has 30 heavy (non-hydrogen) atoms. The summed E-state index contributed by atoms with van der Waals surface area (Å²) in [5.41, 5.74) is 12.4. The summed E-state index contributed by atoms with van der Waals surface area (Å²) in [6.07, 6.45) is 0. The number of ketones is 2. The number of carboxylic acid groups (broad SMARTS) is 2. The number of carbonyl (C=O) groups excluding carboxylic acids is 2. The summed E-state index contributed by atoms with van der Waals surface area (Å²) in [6.45, 7) is 5.97. The molecule has 0 saturated carbocycles. The van der Waals surface area contributed by atoms with Crippen LogP contribution in [0.25, 0.3) is 0 Å². The van der Waals surface area contributed by atoms with E-state index >= 15 is 0 Å². The van der Waals surface area contributed by atoms with Crippen LogP contribution in [0.2, 0.25) is 0 Å². The summed E-state index contributed by atoms with van der Waals surface area (Å²) in [5.74, 6) is -3.05. The van der Waals surface area contributed by atoms with Gasteiger partial charge in [-0.15, -0.1) is 0 Å². The molecule has 0 aromatic heterocycles. The third-order valence-electron chi connectivity index (χ3n) is 3.20. The van der Waals surface area contributed by atoms with Gasteiger partial charge in [-0.1, -0.05) is 60.7 Å². The lowest BCUT2D eigenvalue weighted by Crippen LogP contribution is -2.25. The summed E-state index contributed by atoms with van der Waals surface area (Å²) in [7, 11) is 0. The van der Waals surface area contributed by atoms with Crippen LogP contribution in [0.4, 0.5) is 0 Å². The first kappa shape index (κ1) is 28.8. The second-order valence-electron chi connectivity index (χ2n) is 6.11. The fourth-order valence-corrected chi connectivity index (χ4v) is 1.43. The molecule has 0 amide bonds. The van der Waals surface area contributed by atoms with E-state index in [-0.39, 0.29) is 11.8 Å². The van der Waals surface area contributed by atoms with E-state index in [9.17, 15) is 19.2 Å². The Hall–Kier alpha value is -3.36. The van der Waals surface area contributed by atoms with E-state index in [1.165, 1.54) is 12.5 Å². The van der Waals surface area contributed by atoms with Gasteiger partial charge in [-0.3, -0.25) is 14.4 Å². The van der Waals surface area contributed by atoms with Crippen LogP contribution >= 0.6 is 0 Å². The van der Waals surface area contributed by atoms with E-state index in [1.807, 2.05) is 67.6 Å². The van der Waals surface area contributed by atoms with Gasteiger partial charge in [-0.2, -0.15) is 0 Å². The normalized spacial score (nSPS) is 10.9. The maximum atomic E-state index is 10.6. The van der Waals surface area contributed by atoms with Crippen LogP contribution in [-0.2, 0) is 14.4 Å². The maximum absolute atomic E-state index is 10.6. The maximum Gasteiger partial charge on any atom is 0.371 e. The zero-order chi connectivity index (χ0) is 23.7. The summed E-state index contributed by atoms with van der Waals surface area (Å²) in [4.78, 5) is 39.1. The van der Waals surface area contributed by atoms with Crippen LogP contribution in [0.1, 0.15) is 49.7 Å². The Morgan fingerprint density at radius 1 is 0.767 bits per heavy atom. The molecule has 0 unspecified atom stereocenters. The smallest absolute Gasteiger partial charge is 0.371 e. The van der Waals surface area contributed by atoms with Crippen LogP contribution in [0.3, 0.4) is 0 Å². The minimum absolute atomic E-state index is 0.121. The first-order chi connectivity index (χ1) is 13.9. The first-order valence-electron chi connectivity index (χ1n) is 8.98. The van der Waals surface area contributed by atoms with E-state index in [0.29, 0.717) is 0 Å². The molecule has 8 nitrogen and oxygen atoms in total. The zero-order valence-corrected chi connectivity index (χ0v) is 17.6. The van der Waals surface area contributed by atoms with Gasteiger partial charge in [-0.05, 0) is 26.3 Å². The Bertz CT molecular complexity index is 763. The molecule has 0 heterocycles. The third kappa shape index (κ3) is 16.8. The molecule has 0 aliphatic heterocycles. The van der Waals surface area contributed by atoms with Crippen molar-refractivity contribution in [3.05, 3.63) is 71.8 Å². The molecule has 0 saturated heterocycles. The zero-order valence-electron chi connectivity index (χ0n) is 17.6. The highest BCUT2D eigenvalue weighted by Gasteiger charge is 2.00. The van der Waals surface area contributed by atoms with Gasteiger partial charge in [0.05, 0.1) is 0 Å². The van der Waals surface area contributed by atoms with Crippen molar-refractivity contribution >= 4 is 23.5 Å². The van der Waals surface area contributed by atoms with Crippen LogP contribution in [0.15, 0.2) is 60.7 Å². The van der Waals surface area contributed by atoms with Crippen LogP contribution in [-0.4, -0.2) is 39.8 Å². The average Bonchev–Trinajstić information content (AvgIpc) is 2.70. The fraction of sp³-hybridized carbons (Fsp3) is 0.273. The largest absolute Gasteiger partial charge is 0.480 e. The lowest BCUT2D eigenvalue weighted by atomic mass is 10.1. The third-order valence-corrected chi connectivity index (χ3v) is 3.20. The molecule has 2 aromatic carbocycles. The van der Waals surface area contributed by atoms with Gasteiger partial charge >= 0.3 is 11.9 Å². The Morgan fingerprint density at radius 2 is 1.10 bits per heavy atom. The van der Waals surface area contributed by atoms with Gasteiger partial charge in [0.25, 0.3) is 0 Å². The van der Waals surface area contributed by atoms with Crippen molar-refractivity contribution in [3.8, 4) is 0 Å². The fourth-order valence-electron chi connectivity index (χ4n) is 1.43. The molecule has 8 heteroatoms. The molecule has 2 atom stereocenters. The van der Waals surface area contributed by atoms with Crippen molar-refractivity contribution in [3.63, 3.8) is 0 Å². The van der Waals surface area contributed by atoms with Crippen molar-refractivity contribution in [1.82, 2.24) is 0 Å². The van der Waals surface area contributed by atoms with Gasteiger partial charge in [0, 0.05) is 18.5 Å². The molecule has 0 spiro atoms. The Labute approximate surface area is 176 Å². The van der Waals surface area contributed by atoms with Gasteiger partial charge in [-0.25, -0.2) is 4.79 Å². The number of benzene rings is 2. The standard InChI is InChI=1S/C8H11N.C8H8O.C3H7NO2.C3H4O3/c2*1-7(9)8-5-3-2-4-6-8;2*1-2(4)3(5)6/h2-7H,9H2,1H3;2-6H,1H3;2H,4H2,1H3,(H,5,6);1H3,(H,5,6)/t7-;;2-;/m0.0./s1. The number of hydrogen-bond donors (Lipinski definition) is 4. The predicted octanol–water partition coefficient (Wildman–Crippen LogP) is 2.67. The monoisotopic (exact) mass is 418 g/mol. The van der Waals surface area contributed by atoms with Crippen molar-refractivity contribution in [1.29, 1.82) is 0 Å². The highest BCUT2D eigenvalue weighted by molar-refractivity contribution is 6.31. The van der Waals surface area contributed by atoms with Crippen molar-refractivity contribution in [2.45, 2.75) is 39.8 Å². The highest BCUT2D eigenvalue weighted by atomic mass is 16.4. The number of Topliss-reactive ketones (excluding diaryl/α,β-unsaturated/α-hetero) is 2. The topological polar surface area (TPSA) is 161 Å². The lowest BCUT2D eigenvalue weighted by molar-refractivity contribution is -0.148. The number of nitrogens with two attached hydrogens (primary N) is 2. The molecule has 0 aliphatic rings. The second-order valence-corrected chi connectivity index (χ2v) is 6.11. The highest BCUT2D eigenvalue weighted by Crippen LogP contribution is 2.06. The van der Waals surface area contributed by atoms with E-state index in [1.54, 1.807) is 6.92 Å². The van der Waals surface area contributed by atoms with Gasteiger partial charge in [0.15, 0.2) is 5.78 Å². The molecule has 0 aliphatic carbocycles. The van der Waals surface area contributed by atoms with E-state index in [4.69, 9.17) is 21.7 Å². The predicted molar refractivity (Wildman–Crippen MR) is 115 cm³/mol. The first-order valence-corrected chi connectivity index (χ1v) is 8.98. The van der Waals surface area contributed by atoms with Gasteiger partial charge in [0.2, 0.25) is 5.78 Å². The molecule has 164 valence electrons. The van der Waals surface area contributed by atoms with Crippen molar-refractivity contribution in [2.24, 2.45) is 11.5 Å². The van der Waals surface area contributed by atoms with E-state index in [2.05, 4.69) is 0 Å². The summed E-state index contributed by atoms with van der Waals surface area (Å²) >= 11 is 0. The van der Waals surface area contributed by atoms with Crippen LogP contribution in [0, 0.1) is 0 Å². The summed E-state index contributed by atoms with van der Waals surface area (Å²) in [6, 6.07) is 18.7. The lowest BCUT2D eigenvalue weighted by Gasteiger charge is -2.02. The molecule has 0 radical (unpaired) electrons. The molecular formula is C22H30N2O6. The van der Waals surface area contributed by atoms with Gasteiger partial charge < -0.3 is 21.7 Å². The minimum Gasteiger partial charge on any atom is -0.480 e. The van der Waals surface area contributed by atoms with Crippen molar-refractivity contribution in [2.75, 3.05) is 0 Å². The molecule has 0 fully saturated rings. The Morgan fingerprint density at radius 3 is 1.27 bits per heavy atom. The molecule has 6 N–H and O–H groups in total. The molecule has 2 aromatic rings. The SMILES string of the molecule is CC(=O)C(=O)O.CC(=O)c1ccccc1.C[C@H](N)C(=O)O.C[C@H](N)c1ccccc1. The van der Waals surface area contributed by atoms with E-state index < -0.39 is 23.8 Å². The number of aliphatic carboxylic acids is 2. The number of carbonyl (C=O) groups is 4. The average molecular weight is 418 g/mol. The van der Waals surface area contributed by atoms with Crippen LogP contribution < -0.4 is 11.5 Å². The number of carboxylic acids is 2. The summed E-state index contributed by atoms with van der Waals surface area (Å²) < 4.78 is 0. The minimum atomic E-state index is -1.38. The number of hydrogen-bond acceptors (Lipinski definition) is 6. The quantitative estimate of drug-likeness (QED) is 0.435. The Kier molecular flexibility index (Phi) is 15.9. The van der Waals surface area contributed by atoms with E-state index in [0.717, 1.165) is 12.5 Å². The van der Waals surface area contributed by atoms with Gasteiger partial charge in [0.1, 0.15) is 6.04 Å². The Balaban J connectivity index is 0. The van der Waals surface area contributed by atoms with Crippen LogP contribution in [0.5, 0.6) is 0 Å². The summed E-state index contributed by atoms with van der Waals surface area (Å²) in [5, 5.41) is 15.5. The second kappa shape index (κ2) is 16.6. The number of rotatable bonds is 4. The molecule has 2 rings (SSSR count). The molecular weight excluding hydrogens is 388 g/mol. The molecule has 0 bridgehead atoms.